The molecule has 3 rings (SSSR count). The molecule has 1 amide bonds. The molecule has 0 atom stereocenters. The van der Waals surface area contributed by atoms with Crippen molar-refractivity contribution >= 4 is 33.6 Å². The molecule has 0 aliphatic carbocycles. The van der Waals surface area contributed by atoms with Gasteiger partial charge in [0.2, 0.25) is 5.95 Å². The van der Waals surface area contributed by atoms with Gasteiger partial charge in [0.25, 0.3) is 5.91 Å². The van der Waals surface area contributed by atoms with Gasteiger partial charge in [0.1, 0.15) is 17.3 Å². The lowest BCUT2D eigenvalue weighted by atomic mass is 10.1. The Labute approximate surface area is 162 Å². The summed E-state index contributed by atoms with van der Waals surface area (Å²) in [5.41, 5.74) is 2.72. The number of carbonyl (C=O) groups excluding carboxylic acids is 1. The fourth-order valence-electron chi connectivity index (χ4n) is 2.39. The Hall–Kier alpha value is -3.08. The quantitative estimate of drug-likeness (QED) is 0.470. The lowest BCUT2D eigenvalue weighted by molar-refractivity contribution is -0.390. The first-order valence-electron chi connectivity index (χ1n) is 7.95. The van der Waals surface area contributed by atoms with Crippen molar-refractivity contribution in [1.82, 2.24) is 24.5 Å². The number of hydrogen-bond acceptors (Lipinski definition) is 6. The van der Waals surface area contributed by atoms with Crippen LogP contribution in [0, 0.1) is 24.0 Å². The van der Waals surface area contributed by atoms with E-state index in [-0.39, 0.29) is 22.8 Å². The molecule has 0 aliphatic heterocycles. The molecule has 1 N–H and O–H groups in total. The van der Waals surface area contributed by atoms with Gasteiger partial charge in [-0.15, -0.1) is 5.10 Å². The normalized spacial score (nSPS) is 10.8. The second-order valence-corrected chi connectivity index (χ2v) is 6.73. The molecule has 3 aromatic rings. The highest BCUT2D eigenvalue weighted by Crippen LogP contribution is 2.26. The molecule has 0 radical (unpaired) electrons. The Morgan fingerprint density at radius 2 is 1.96 bits per heavy atom. The molecule has 0 saturated carbocycles. The van der Waals surface area contributed by atoms with Crippen molar-refractivity contribution in [2.45, 2.75) is 26.9 Å². The van der Waals surface area contributed by atoms with Gasteiger partial charge in [0.05, 0.1) is 17.3 Å². The summed E-state index contributed by atoms with van der Waals surface area (Å²) in [5.74, 6) is -0.609. The van der Waals surface area contributed by atoms with Gasteiger partial charge in [-0.05, 0) is 40.3 Å². The summed E-state index contributed by atoms with van der Waals surface area (Å²) in [5, 5.41) is 21.5. The van der Waals surface area contributed by atoms with E-state index < -0.39 is 10.8 Å². The summed E-state index contributed by atoms with van der Waals surface area (Å²) in [4.78, 5) is 26.5. The minimum atomic E-state index is -0.611. The fourth-order valence-corrected chi connectivity index (χ4v) is 2.82. The number of nitrogens with one attached hydrogen (secondary N) is 1. The van der Waals surface area contributed by atoms with Gasteiger partial charge < -0.3 is 10.1 Å². The summed E-state index contributed by atoms with van der Waals surface area (Å²) in [6.07, 6.45) is 1.52. The number of amides is 1. The minimum absolute atomic E-state index is 0.158. The van der Waals surface area contributed by atoms with Crippen LogP contribution in [0.15, 0.2) is 35.1 Å². The van der Waals surface area contributed by atoms with E-state index in [9.17, 15) is 14.9 Å². The molecule has 0 spiro atoms. The number of anilines is 1. The van der Waals surface area contributed by atoms with E-state index in [0.717, 1.165) is 5.56 Å². The van der Waals surface area contributed by atoms with Gasteiger partial charge in [-0.2, -0.15) is 4.68 Å². The Morgan fingerprint density at radius 1 is 1.26 bits per heavy atom. The van der Waals surface area contributed by atoms with Gasteiger partial charge in [0.15, 0.2) is 0 Å². The Kier molecular flexibility index (Phi) is 5.31. The number of rotatable bonds is 6. The standard InChI is InChI=1S/C16H16BrN7O3/c1-10-3-5-12(6-4-10)7-22-9-18-16(21-22)19-13(25)8-23-11(2)14(17)15(20-23)24(26)27/h3-6,9H,7-8H2,1-2H3,(H,19,21,25). The molecule has 0 saturated heterocycles. The van der Waals surface area contributed by atoms with E-state index in [2.05, 4.69) is 36.4 Å². The SMILES string of the molecule is Cc1ccc(Cn2cnc(NC(=O)Cn3nc([N+](=O)[O-])c(Br)c3C)n2)cc1. The summed E-state index contributed by atoms with van der Waals surface area (Å²) in [6, 6.07) is 8.03. The third-order valence-corrected chi connectivity index (χ3v) is 4.76. The molecule has 0 unspecified atom stereocenters. The number of hydrogen-bond donors (Lipinski definition) is 1. The number of aryl methyl sites for hydroxylation is 1. The number of nitro groups is 1. The predicted molar refractivity (Wildman–Crippen MR) is 100 cm³/mol. The maximum absolute atomic E-state index is 12.2. The van der Waals surface area contributed by atoms with Gasteiger partial charge in [-0.25, -0.2) is 9.67 Å². The molecule has 140 valence electrons. The molecule has 2 heterocycles. The van der Waals surface area contributed by atoms with E-state index in [1.54, 1.807) is 11.6 Å². The van der Waals surface area contributed by atoms with Crippen LogP contribution in [0.4, 0.5) is 11.8 Å². The molecule has 10 nitrogen and oxygen atoms in total. The first-order chi connectivity index (χ1) is 12.8. The third kappa shape index (κ3) is 4.37. The molecule has 0 aliphatic rings. The van der Waals surface area contributed by atoms with Crippen LogP contribution < -0.4 is 5.32 Å². The van der Waals surface area contributed by atoms with Crippen molar-refractivity contribution in [3.8, 4) is 0 Å². The fraction of sp³-hybridized carbons (Fsp3) is 0.250. The van der Waals surface area contributed by atoms with Crippen molar-refractivity contribution in [2.75, 3.05) is 5.32 Å². The Bertz CT molecular complexity index is 994. The van der Waals surface area contributed by atoms with E-state index in [4.69, 9.17) is 0 Å². The largest absolute Gasteiger partial charge is 0.404 e. The van der Waals surface area contributed by atoms with E-state index in [1.807, 2.05) is 31.2 Å². The summed E-state index contributed by atoms with van der Waals surface area (Å²) in [6.45, 7) is 3.98. The Balaban J connectivity index is 1.63. The Morgan fingerprint density at radius 3 is 2.59 bits per heavy atom. The zero-order valence-electron chi connectivity index (χ0n) is 14.6. The summed E-state index contributed by atoms with van der Waals surface area (Å²) < 4.78 is 3.11. The maximum atomic E-state index is 12.2. The van der Waals surface area contributed by atoms with Crippen LogP contribution in [-0.2, 0) is 17.9 Å². The van der Waals surface area contributed by atoms with Crippen LogP contribution in [0.25, 0.3) is 0 Å². The first-order valence-corrected chi connectivity index (χ1v) is 8.75. The van der Waals surface area contributed by atoms with Crippen LogP contribution >= 0.6 is 15.9 Å². The average molecular weight is 434 g/mol. The molecule has 2 aromatic heterocycles. The predicted octanol–water partition coefficient (Wildman–Crippen LogP) is 2.45. The number of benzene rings is 1. The number of carbonyl (C=O) groups is 1. The highest BCUT2D eigenvalue weighted by atomic mass is 79.9. The minimum Gasteiger partial charge on any atom is -0.358 e. The molecule has 0 bridgehead atoms. The second kappa shape index (κ2) is 7.66. The highest BCUT2D eigenvalue weighted by molar-refractivity contribution is 9.10. The topological polar surface area (TPSA) is 121 Å². The number of halogens is 1. The van der Waals surface area contributed by atoms with Crippen molar-refractivity contribution in [1.29, 1.82) is 0 Å². The number of nitrogens with zero attached hydrogens (tertiary/aromatic N) is 6. The lowest BCUT2D eigenvalue weighted by Crippen LogP contribution is -2.21. The molecular weight excluding hydrogens is 418 g/mol. The van der Waals surface area contributed by atoms with Gasteiger partial charge in [-0.3, -0.25) is 10.1 Å². The van der Waals surface area contributed by atoms with Crippen LogP contribution in [0.1, 0.15) is 16.8 Å². The van der Waals surface area contributed by atoms with Gasteiger partial charge in [-0.1, -0.05) is 29.8 Å². The maximum Gasteiger partial charge on any atom is 0.404 e. The van der Waals surface area contributed by atoms with Crippen LogP contribution in [-0.4, -0.2) is 35.4 Å². The molecule has 27 heavy (non-hydrogen) atoms. The summed E-state index contributed by atoms with van der Waals surface area (Å²) >= 11 is 3.11. The molecule has 0 fully saturated rings. The zero-order valence-corrected chi connectivity index (χ0v) is 16.2. The van der Waals surface area contributed by atoms with Crippen LogP contribution in [0.2, 0.25) is 0 Å². The monoisotopic (exact) mass is 433 g/mol. The van der Waals surface area contributed by atoms with Crippen molar-refractivity contribution in [2.24, 2.45) is 0 Å². The highest BCUT2D eigenvalue weighted by Gasteiger charge is 2.24. The average Bonchev–Trinajstić information content (AvgIpc) is 3.16. The molecule has 11 heteroatoms. The lowest BCUT2D eigenvalue weighted by Gasteiger charge is -2.02. The van der Waals surface area contributed by atoms with Crippen molar-refractivity contribution < 1.29 is 9.72 Å². The first kappa shape index (κ1) is 18.7. The van der Waals surface area contributed by atoms with Crippen LogP contribution in [0.3, 0.4) is 0 Å². The van der Waals surface area contributed by atoms with Gasteiger partial charge in [0, 0.05) is 0 Å². The van der Waals surface area contributed by atoms with Crippen molar-refractivity contribution in [3.05, 3.63) is 62.0 Å². The van der Waals surface area contributed by atoms with Crippen molar-refractivity contribution in [3.63, 3.8) is 0 Å². The van der Waals surface area contributed by atoms with E-state index in [1.165, 1.54) is 16.6 Å². The zero-order chi connectivity index (χ0) is 19.6. The third-order valence-electron chi connectivity index (χ3n) is 3.84. The molecular formula is C16H16BrN7O3. The van der Waals surface area contributed by atoms with E-state index in [0.29, 0.717) is 12.2 Å². The van der Waals surface area contributed by atoms with Gasteiger partial charge >= 0.3 is 5.82 Å². The van der Waals surface area contributed by atoms with Crippen LogP contribution in [0.5, 0.6) is 0 Å². The smallest absolute Gasteiger partial charge is 0.358 e. The molecule has 1 aromatic carbocycles. The van der Waals surface area contributed by atoms with E-state index >= 15 is 0 Å². The summed E-state index contributed by atoms with van der Waals surface area (Å²) in [7, 11) is 0. The number of aromatic nitrogens is 5. The second-order valence-electron chi connectivity index (χ2n) is 5.94.